The van der Waals surface area contributed by atoms with Crippen LogP contribution in [0.3, 0.4) is 0 Å². The van der Waals surface area contributed by atoms with Gasteiger partial charge in [0.05, 0.1) is 5.60 Å². The van der Waals surface area contributed by atoms with E-state index in [0.717, 1.165) is 11.5 Å². The topological polar surface area (TPSA) is 46.2 Å². The van der Waals surface area contributed by atoms with Gasteiger partial charge in [-0.05, 0) is 36.5 Å². The number of hydrogen-bond donors (Lipinski definition) is 2. The molecule has 3 N–H and O–H groups in total. The molecule has 0 atom stereocenters. The lowest BCUT2D eigenvalue weighted by Crippen LogP contribution is -2.31. The molecule has 1 aliphatic heterocycles. The van der Waals surface area contributed by atoms with Gasteiger partial charge in [0.2, 0.25) is 0 Å². The summed E-state index contributed by atoms with van der Waals surface area (Å²) in [4.78, 5) is 0. The molecule has 0 saturated carbocycles. The Morgan fingerprint density at radius 1 is 1.33 bits per heavy atom. The monoisotopic (exact) mass is 227 g/mol. The fourth-order valence-electron chi connectivity index (χ4n) is 1.89. The minimum absolute atomic E-state index is 0.386. The molecular weight excluding hydrogens is 213 g/mol. The van der Waals surface area contributed by atoms with Gasteiger partial charge in [-0.3, -0.25) is 0 Å². The van der Waals surface area contributed by atoms with Crippen molar-refractivity contribution in [2.45, 2.75) is 18.4 Å². The molecule has 1 fully saturated rings. The highest BCUT2D eigenvalue weighted by atomic mass is 32.2. The molecule has 4 heteroatoms. The molecular formula is C11H14FNOS. The predicted molar refractivity (Wildman–Crippen MR) is 61.3 cm³/mol. The van der Waals surface area contributed by atoms with Crippen LogP contribution in [0.25, 0.3) is 0 Å². The second-order valence-electron chi connectivity index (χ2n) is 3.88. The third kappa shape index (κ3) is 2.11. The molecule has 0 amide bonds. The number of rotatable bonds is 1. The van der Waals surface area contributed by atoms with Gasteiger partial charge in [-0.1, -0.05) is 6.07 Å². The van der Waals surface area contributed by atoms with E-state index >= 15 is 0 Å². The first-order valence-corrected chi connectivity index (χ1v) is 6.13. The fraction of sp³-hybridized carbons (Fsp3) is 0.455. The van der Waals surface area contributed by atoms with Gasteiger partial charge in [0.1, 0.15) is 5.82 Å². The molecule has 1 saturated heterocycles. The lowest BCUT2D eigenvalue weighted by molar-refractivity contribution is 0.0246. The Balaban J connectivity index is 2.35. The number of nitrogens with two attached hydrogens (primary N) is 1. The van der Waals surface area contributed by atoms with E-state index in [-0.39, 0.29) is 0 Å². The predicted octanol–water partition coefficient (Wildman–Crippen LogP) is 2.12. The van der Waals surface area contributed by atoms with E-state index in [2.05, 4.69) is 0 Å². The van der Waals surface area contributed by atoms with Crippen LogP contribution in [0.4, 0.5) is 10.1 Å². The largest absolute Gasteiger partial charge is 0.399 e. The van der Waals surface area contributed by atoms with Gasteiger partial charge >= 0.3 is 0 Å². The van der Waals surface area contributed by atoms with E-state index in [9.17, 15) is 9.50 Å². The highest BCUT2D eigenvalue weighted by molar-refractivity contribution is 7.99. The van der Waals surface area contributed by atoms with Crippen LogP contribution in [0.5, 0.6) is 0 Å². The van der Waals surface area contributed by atoms with Gasteiger partial charge in [-0.2, -0.15) is 11.8 Å². The lowest BCUT2D eigenvalue weighted by atomic mass is 9.87. The van der Waals surface area contributed by atoms with E-state index in [1.807, 2.05) is 0 Å². The van der Waals surface area contributed by atoms with Crippen LogP contribution >= 0.6 is 11.8 Å². The molecule has 82 valence electrons. The van der Waals surface area contributed by atoms with Crippen LogP contribution in [0, 0.1) is 5.82 Å². The van der Waals surface area contributed by atoms with E-state index < -0.39 is 11.4 Å². The Morgan fingerprint density at radius 2 is 2.00 bits per heavy atom. The van der Waals surface area contributed by atoms with Crippen molar-refractivity contribution in [2.75, 3.05) is 17.2 Å². The molecule has 0 aliphatic carbocycles. The quantitative estimate of drug-likeness (QED) is 0.722. The van der Waals surface area contributed by atoms with E-state index in [4.69, 9.17) is 5.73 Å². The van der Waals surface area contributed by atoms with Crippen LogP contribution in [0.15, 0.2) is 18.2 Å². The summed E-state index contributed by atoms with van der Waals surface area (Å²) >= 11 is 1.79. The number of halogens is 1. The van der Waals surface area contributed by atoms with Crippen LogP contribution in [-0.2, 0) is 5.60 Å². The third-order valence-electron chi connectivity index (χ3n) is 2.81. The summed E-state index contributed by atoms with van der Waals surface area (Å²) in [7, 11) is 0. The zero-order chi connectivity index (χ0) is 10.9. The Hall–Kier alpha value is -0.740. The summed E-state index contributed by atoms with van der Waals surface area (Å²) in [6, 6.07) is 4.51. The summed E-state index contributed by atoms with van der Waals surface area (Å²) in [5.41, 5.74) is 5.26. The minimum atomic E-state index is -0.997. The molecule has 1 aromatic carbocycles. The third-order valence-corrected chi connectivity index (χ3v) is 3.80. The number of thioether (sulfide) groups is 1. The lowest BCUT2D eigenvalue weighted by Gasteiger charge is -2.32. The number of benzene rings is 1. The Morgan fingerprint density at radius 3 is 2.60 bits per heavy atom. The SMILES string of the molecule is Nc1ccc(C2(O)CCSCC2)c(F)c1. The summed E-state index contributed by atoms with van der Waals surface area (Å²) in [5, 5.41) is 10.3. The molecule has 1 aromatic rings. The summed E-state index contributed by atoms with van der Waals surface area (Å²) in [5.74, 6) is 1.35. The van der Waals surface area contributed by atoms with Crippen LogP contribution < -0.4 is 5.73 Å². The van der Waals surface area contributed by atoms with E-state index in [0.29, 0.717) is 24.1 Å². The molecule has 0 spiro atoms. The zero-order valence-electron chi connectivity index (χ0n) is 8.37. The molecule has 0 radical (unpaired) electrons. The maximum atomic E-state index is 13.6. The molecule has 2 nitrogen and oxygen atoms in total. The van der Waals surface area contributed by atoms with E-state index in [1.54, 1.807) is 23.9 Å². The highest BCUT2D eigenvalue weighted by Gasteiger charge is 2.33. The molecule has 0 aromatic heterocycles. The smallest absolute Gasteiger partial charge is 0.131 e. The number of aliphatic hydroxyl groups is 1. The molecule has 0 unspecified atom stereocenters. The number of hydrogen-bond acceptors (Lipinski definition) is 3. The van der Waals surface area contributed by atoms with Gasteiger partial charge in [-0.15, -0.1) is 0 Å². The van der Waals surface area contributed by atoms with Crippen molar-refractivity contribution >= 4 is 17.4 Å². The van der Waals surface area contributed by atoms with E-state index in [1.165, 1.54) is 6.07 Å². The van der Waals surface area contributed by atoms with Gasteiger partial charge in [0, 0.05) is 11.3 Å². The first kappa shape index (κ1) is 10.8. The number of anilines is 1. The van der Waals surface area contributed by atoms with Gasteiger partial charge in [0.15, 0.2) is 0 Å². The van der Waals surface area contributed by atoms with Gasteiger partial charge in [0.25, 0.3) is 0 Å². The van der Waals surface area contributed by atoms with Crippen molar-refractivity contribution in [3.05, 3.63) is 29.6 Å². The average Bonchev–Trinajstić information content (AvgIpc) is 2.18. The van der Waals surface area contributed by atoms with Crippen LogP contribution in [-0.4, -0.2) is 16.6 Å². The maximum absolute atomic E-state index is 13.6. The van der Waals surface area contributed by atoms with Crippen molar-refractivity contribution in [2.24, 2.45) is 0 Å². The molecule has 2 rings (SSSR count). The molecule has 0 bridgehead atoms. The van der Waals surface area contributed by atoms with Crippen molar-refractivity contribution in [3.8, 4) is 0 Å². The van der Waals surface area contributed by atoms with Crippen molar-refractivity contribution in [1.29, 1.82) is 0 Å². The second kappa shape index (κ2) is 4.02. The Labute approximate surface area is 92.7 Å². The summed E-state index contributed by atoms with van der Waals surface area (Å²) in [6.07, 6.45) is 1.22. The summed E-state index contributed by atoms with van der Waals surface area (Å²) in [6.45, 7) is 0. The molecule has 1 heterocycles. The Bertz CT molecular complexity index is 364. The molecule has 15 heavy (non-hydrogen) atoms. The van der Waals surface area contributed by atoms with Crippen molar-refractivity contribution in [1.82, 2.24) is 0 Å². The maximum Gasteiger partial charge on any atom is 0.131 e. The minimum Gasteiger partial charge on any atom is -0.399 e. The van der Waals surface area contributed by atoms with Gasteiger partial charge in [-0.25, -0.2) is 4.39 Å². The van der Waals surface area contributed by atoms with Crippen molar-refractivity contribution in [3.63, 3.8) is 0 Å². The first-order chi connectivity index (χ1) is 7.12. The number of nitrogen functional groups attached to an aromatic ring is 1. The van der Waals surface area contributed by atoms with Crippen molar-refractivity contribution < 1.29 is 9.50 Å². The highest BCUT2D eigenvalue weighted by Crippen LogP contribution is 2.37. The summed E-state index contributed by atoms with van der Waals surface area (Å²) < 4.78 is 13.6. The zero-order valence-corrected chi connectivity index (χ0v) is 9.19. The average molecular weight is 227 g/mol. The van der Waals surface area contributed by atoms with Gasteiger partial charge < -0.3 is 10.8 Å². The molecule has 1 aliphatic rings. The normalized spacial score (nSPS) is 20.1. The first-order valence-electron chi connectivity index (χ1n) is 4.97. The standard InChI is InChI=1S/C11H14FNOS/c12-10-7-8(13)1-2-9(10)11(14)3-5-15-6-4-11/h1-2,7,14H,3-6,13H2. The van der Waals surface area contributed by atoms with Crippen LogP contribution in [0.2, 0.25) is 0 Å². The second-order valence-corrected chi connectivity index (χ2v) is 5.11. The fourth-order valence-corrected chi connectivity index (χ4v) is 3.06. The van der Waals surface area contributed by atoms with Crippen LogP contribution in [0.1, 0.15) is 18.4 Å². The Kier molecular flexibility index (Phi) is 2.89.